The van der Waals surface area contributed by atoms with E-state index in [4.69, 9.17) is 15.2 Å². The summed E-state index contributed by atoms with van der Waals surface area (Å²) in [4.78, 5) is 0. The topological polar surface area (TPSA) is 44.5 Å². The fourth-order valence-electron chi connectivity index (χ4n) is 1.57. The van der Waals surface area contributed by atoms with Crippen LogP contribution in [0.4, 0.5) is 0 Å². The zero-order valence-corrected chi connectivity index (χ0v) is 11.0. The molecule has 17 heavy (non-hydrogen) atoms. The summed E-state index contributed by atoms with van der Waals surface area (Å²) < 4.78 is 11.0. The number of benzene rings is 1. The van der Waals surface area contributed by atoms with Crippen molar-refractivity contribution in [1.29, 1.82) is 0 Å². The highest BCUT2D eigenvalue weighted by molar-refractivity contribution is 5.37. The third kappa shape index (κ3) is 4.75. The van der Waals surface area contributed by atoms with Crippen LogP contribution >= 0.6 is 0 Å². The molecule has 1 atom stereocenters. The van der Waals surface area contributed by atoms with Gasteiger partial charge in [0.15, 0.2) is 0 Å². The Morgan fingerprint density at radius 2 is 2.00 bits per heavy atom. The smallest absolute Gasteiger partial charge is 0.122 e. The van der Waals surface area contributed by atoms with Gasteiger partial charge in [0.1, 0.15) is 12.4 Å². The van der Waals surface area contributed by atoms with Crippen LogP contribution < -0.4 is 10.5 Å². The maximum atomic E-state index is 5.83. The molecule has 0 amide bonds. The summed E-state index contributed by atoms with van der Waals surface area (Å²) in [5.41, 5.74) is 8.08. The molecule has 0 aliphatic heterocycles. The zero-order valence-electron chi connectivity index (χ0n) is 11.0. The maximum Gasteiger partial charge on any atom is 0.122 e. The summed E-state index contributed by atoms with van der Waals surface area (Å²) in [5.74, 6) is 0.912. The molecule has 0 saturated carbocycles. The number of nitrogens with two attached hydrogens (primary N) is 1. The van der Waals surface area contributed by atoms with Crippen molar-refractivity contribution >= 4 is 0 Å². The molecule has 1 rings (SSSR count). The van der Waals surface area contributed by atoms with E-state index in [1.807, 2.05) is 26.0 Å². The van der Waals surface area contributed by atoms with Crippen molar-refractivity contribution in [1.82, 2.24) is 0 Å². The Labute approximate surface area is 104 Å². The molecule has 0 unspecified atom stereocenters. The molecular formula is C14H23NO2. The molecule has 96 valence electrons. The van der Waals surface area contributed by atoms with Crippen molar-refractivity contribution in [2.45, 2.75) is 33.2 Å². The van der Waals surface area contributed by atoms with Crippen molar-refractivity contribution in [3.8, 4) is 5.75 Å². The van der Waals surface area contributed by atoms with Crippen LogP contribution in [-0.4, -0.2) is 19.8 Å². The second-order valence-corrected chi connectivity index (χ2v) is 4.27. The van der Waals surface area contributed by atoms with Gasteiger partial charge in [-0.3, -0.25) is 0 Å². The number of hydrogen-bond donors (Lipinski definition) is 1. The average Bonchev–Trinajstić information content (AvgIpc) is 2.30. The van der Waals surface area contributed by atoms with Crippen LogP contribution in [0.3, 0.4) is 0 Å². The van der Waals surface area contributed by atoms with E-state index >= 15 is 0 Å². The Morgan fingerprint density at radius 3 is 2.59 bits per heavy atom. The van der Waals surface area contributed by atoms with Gasteiger partial charge in [0, 0.05) is 12.6 Å². The van der Waals surface area contributed by atoms with E-state index in [0.29, 0.717) is 13.2 Å². The van der Waals surface area contributed by atoms with E-state index in [2.05, 4.69) is 13.0 Å². The van der Waals surface area contributed by atoms with Crippen LogP contribution in [0.15, 0.2) is 18.2 Å². The number of aryl methyl sites for hydroxylation is 1. The minimum atomic E-state index is 0.0654. The molecule has 0 radical (unpaired) electrons. The maximum absolute atomic E-state index is 5.83. The molecule has 0 bridgehead atoms. The monoisotopic (exact) mass is 237 g/mol. The van der Waals surface area contributed by atoms with Crippen LogP contribution in [0.1, 0.15) is 37.4 Å². The van der Waals surface area contributed by atoms with Crippen molar-refractivity contribution in [3.05, 3.63) is 29.3 Å². The highest BCUT2D eigenvalue weighted by Crippen LogP contribution is 2.21. The lowest BCUT2D eigenvalue weighted by atomic mass is 10.1. The van der Waals surface area contributed by atoms with Crippen molar-refractivity contribution < 1.29 is 9.47 Å². The van der Waals surface area contributed by atoms with E-state index in [1.165, 1.54) is 0 Å². The van der Waals surface area contributed by atoms with Gasteiger partial charge in [-0.1, -0.05) is 19.1 Å². The standard InChI is InChI=1S/C14H23NO2/c1-4-7-16-8-9-17-14-6-5-13(12(3)15)10-11(14)2/h5-6,10,12H,4,7-9,15H2,1-3H3/t12-/m0/s1. The Kier molecular flexibility index (Phi) is 6.01. The lowest BCUT2D eigenvalue weighted by Gasteiger charge is -2.12. The van der Waals surface area contributed by atoms with E-state index in [9.17, 15) is 0 Å². The molecule has 0 aliphatic rings. The molecule has 1 aromatic carbocycles. The van der Waals surface area contributed by atoms with Crippen molar-refractivity contribution in [2.24, 2.45) is 5.73 Å². The Hall–Kier alpha value is -1.06. The van der Waals surface area contributed by atoms with Gasteiger partial charge < -0.3 is 15.2 Å². The summed E-state index contributed by atoms with van der Waals surface area (Å²) in [6, 6.07) is 6.14. The predicted octanol–water partition coefficient (Wildman–Crippen LogP) is 2.82. The first-order valence-corrected chi connectivity index (χ1v) is 6.21. The summed E-state index contributed by atoms with van der Waals surface area (Å²) in [7, 11) is 0. The van der Waals surface area contributed by atoms with E-state index in [0.717, 1.165) is 29.9 Å². The van der Waals surface area contributed by atoms with Crippen LogP contribution in [0.2, 0.25) is 0 Å². The van der Waals surface area contributed by atoms with Crippen molar-refractivity contribution in [3.63, 3.8) is 0 Å². The van der Waals surface area contributed by atoms with Crippen LogP contribution in [-0.2, 0) is 4.74 Å². The summed E-state index contributed by atoms with van der Waals surface area (Å²) in [5, 5.41) is 0. The normalized spacial score (nSPS) is 12.5. The molecule has 3 heteroatoms. The first kappa shape index (κ1) is 14.0. The van der Waals surface area contributed by atoms with Gasteiger partial charge in [0.05, 0.1) is 6.61 Å². The third-order valence-electron chi connectivity index (χ3n) is 2.56. The van der Waals surface area contributed by atoms with Gasteiger partial charge in [0.25, 0.3) is 0 Å². The summed E-state index contributed by atoms with van der Waals surface area (Å²) >= 11 is 0. The van der Waals surface area contributed by atoms with Gasteiger partial charge in [-0.05, 0) is 37.5 Å². The highest BCUT2D eigenvalue weighted by atomic mass is 16.5. The third-order valence-corrected chi connectivity index (χ3v) is 2.56. The predicted molar refractivity (Wildman–Crippen MR) is 70.4 cm³/mol. The molecule has 0 spiro atoms. The first-order chi connectivity index (χ1) is 8.15. The fraction of sp³-hybridized carbons (Fsp3) is 0.571. The molecule has 0 aliphatic carbocycles. The quantitative estimate of drug-likeness (QED) is 0.742. The SMILES string of the molecule is CCCOCCOc1ccc([C@H](C)N)cc1C. The highest BCUT2D eigenvalue weighted by Gasteiger charge is 2.04. The molecule has 0 aromatic heterocycles. The van der Waals surface area contributed by atoms with E-state index in [1.54, 1.807) is 0 Å². The molecular weight excluding hydrogens is 214 g/mol. The lowest BCUT2D eigenvalue weighted by Crippen LogP contribution is -2.09. The first-order valence-electron chi connectivity index (χ1n) is 6.21. The van der Waals surface area contributed by atoms with Crippen molar-refractivity contribution in [2.75, 3.05) is 19.8 Å². The molecule has 0 saturated heterocycles. The summed E-state index contributed by atoms with van der Waals surface area (Å²) in [6.45, 7) is 8.15. The lowest BCUT2D eigenvalue weighted by molar-refractivity contribution is 0.100. The van der Waals surface area contributed by atoms with E-state index in [-0.39, 0.29) is 6.04 Å². The van der Waals surface area contributed by atoms with Gasteiger partial charge in [0.2, 0.25) is 0 Å². The molecule has 1 aromatic rings. The number of ether oxygens (including phenoxy) is 2. The minimum Gasteiger partial charge on any atom is -0.491 e. The molecule has 2 N–H and O–H groups in total. The Balaban J connectivity index is 2.43. The fourth-order valence-corrected chi connectivity index (χ4v) is 1.57. The number of hydrogen-bond acceptors (Lipinski definition) is 3. The van der Waals surface area contributed by atoms with Gasteiger partial charge in [-0.15, -0.1) is 0 Å². The molecule has 0 heterocycles. The largest absolute Gasteiger partial charge is 0.491 e. The van der Waals surface area contributed by atoms with Crippen LogP contribution in [0.25, 0.3) is 0 Å². The van der Waals surface area contributed by atoms with Gasteiger partial charge in [-0.2, -0.15) is 0 Å². The Bertz CT molecular complexity index is 337. The summed E-state index contributed by atoms with van der Waals surface area (Å²) in [6.07, 6.45) is 1.04. The van der Waals surface area contributed by atoms with Gasteiger partial charge in [-0.25, -0.2) is 0 Å². The van der Waals surface area contributed by atoms with Crippen LogP contribution in [0.5, 0.6) is 5.75 Å². The second-order valence-electron chi connectivity index (χ2n) is 4.27. The minimum absolute atomic E-state index is 0.0654. The van der Waals surface area contributed by atoms with E-state index < -0.39 is 0 Å². The Morgan fingerprint density at radius 1 is 1.24 bits per heavy atom. The second kappa shape index (κ2) is 7.30. The van der Waals surface area contributed by atoms with Gasteiger partial charge >= 0.3 is 0 Å². The molecule has 3 nitrogen and oxygen atoms in total. The molecule has 0 fully saturated rings. The average molecular weight is 237 g/mol. The van der Waals surface area contributed by atoms with Crippen LogP contribution in [0, 0.1) is 6.92 Å². The number of rotatable bonds is 7. The zero-order chi connectivity index (χ0) is 12.7.